The van der Waals surface area contributed by atoms with Gasteiger partial charge in [0.15, 0.2) is 0 Å². The second-order valence-corrected chi connectivity index (χ2v) is 3.16. The van der Waals surface area contributed by atoms with Gasteiger partial charge in [0.2, 0.25) is 0 Å². The van der Waals surface area contributed by atoms with E-state index in [0.29, 0.717) is 0 Å². The Morgan fingerprint density at radius 1 is 1.73 bits per heavy atom. The lowest BCUT2D eigenvalue weighted by atomic mass is 10.4. The summed E-state index contributed by atoms with van der Waals surface area (Å²) in [5.41, 5.74) is 1.06. The van der Waals surface area contributed by atoms with Crippen molar-refractivity contribution in [2.75, 3.05) is 7.05 Å². The standard InChI is InChI=1S/C7H12BrN3/c1-3-11-5-6(8)7(10-11)4-9-2/h5,9H,3-4H2,1-2H3. The highest BCUT2D eigenvalue weighted by atomic mass is 79.9. The zero-order valence-corrected chi connectivity index (χ0v) is 8.35. The van der Waals surface area contributed by atoms with Gasteiger partial charge in [0.25, 0.3) is 0 Å². The molecule has 0 spiro atoms. The number of halogens is 1. The summed E-state index contributed by atoms with van der Waals surface area (Å²) < 4.78 is 2.99. The fraction of sp³-hybridized carbons (Fsp3) is 0.571. The first kappa shape index (κ1) is 8.74. The number of nitrogens with one attached hydrogen (secondary N) is 1. The van der Waals surface area contributed by atoms with Crippen LogP contribution in [-0.4, -0.2) is 16.8 Å². The van der Waals surface area contributed by atoms with Gasteiger partial charge in [-0.25, -0.2) is 0 Å². The van der Waals surface area contributed by atoms with Crippen LogP contribution in [0.25, 0.3) is 0 Å². The minimum atomic E-state index is 0.813. The number of aryl methyl sites for hydroxylation is 1. The normalized spacial score (nSPS) is 10.5. The van der Waals surface area contributed by atoms with Gasteiger partial charge in [0.05, 0.1) is 10.2 Å². The van der Waals surface area contributed by atoms with E-state index >= 15 is 0 Å². The molecule has 4 heteroatoms. The Balaban J connectivity index is 2.79. The summed E-state index contributed by atoms with van der Waals surface area (Å²) in [4.78, 5) is 0. The third-order valence-corrected chi connectivity index (χ3v) is 2.12. The van der Waals surface area contributed by atoms with E-state index in [2.05, 4.69) is 33.3 Å². The van der Waals surface area contributed by atoms with Crippen molar-refractivity contribution in [3.63, 3.8) is 0 Å². The molecular formula is C7H12BrN3. The van der Waals surface area contributed by atoms with Gasteiger partial charge in [0.1, 0.15) is 0 Å². The van der Waals surface area contributed by atoms with Crippen molar-refractivity contribution in [1.29, 1.82) is 0 Å². The molecule has 11 heavy (non-hydrogen) atoms. The van der Waals surface area contributed by atoms with Crippen molar-refractivity contribution in [3.8, 4) is 0 Å². The molecule has 62 valence electrons. The molecule has 0 fully saturated rings. The Kier molecular flexibility index (Phi) is 3.08. The van der Waals surface area contributed by atoms with E-state index in [1.54, 1.807) is 0 Å². The monoisotopic (exact) mass is 217 g/mol. The Labute approximate surface area is 74.9 Å². The highest BCUT2D eigenvalue weighted by Gasteiger charge is 2.02. The molecule has 0 aliphatic heterocycles. The maximum atomic E-state index is 4.33. The molecule has 1 aromatic heterocycles. The highest BCUT2D eigenvalue weighted by Crippen LogP contribution is 2.13. The van der Waals surface area contributed by atoms with Crippen molar-refractivity contribution in [3.05, 3.63) is 16.4 Å². The van der Waals surface area contributed by atoms with E-state index in [-0.39, 0.29) is 0 Å². The second kappa shape index (κ2) is 3.88. The van der Waals surface area contributed by atoms with Crippen LogP contribution in [0.5, 0.6) is 0 Å². The fourth-order valence-corrected chi connectivity index (χ4v) is 1.34. The molecular weight excluding hydrogens is 206 g/mol. The van der Waals surface area contributed by atoms with Crippen LogP contribution in [0.15, 0.2) is 10.7 Å². The van der Waals surface area contributed by atoms with Gasteiger partial charge >= 0.3 is 0 Å². The smallest absolute Gasteiger partial charge is 0.0904 e. The van der Waals surface area contributed by atoms with E-state index in [1.807, 2.05) is 17.9 Å². The predicted octanol–water partition coefficient (Wildman–Crippen LogP) is 1.38. The molecule has 0 aliphatic carbocycles. The summed E-state index contributed by atoms with van der Waals surface area (Å²) in [7, 11) is 1.91. The summed E-state index contributed by atoms with van der Waals surface area (Å²) in [5.74, 6) is 0. The summed E-state index contributed by atoms with van der Waals surface area (Å²) in [5, 5.41) is 7.38. The summed E-state index contributed by atoms with van der Waals surface area (Å²) in [6.07, 6.45) is 1.99. The minimum Gasteiger partial charge on any atom is -0.314 e. The average molecular weight is 218 g/mol. The van der Waals surface area contributed by atoms with Gasteiger partial charge < -0.3 is 5.32 Å². The maximum Gasteiger partial charge on any atom is 0.0904 e. The molecule has 0 amide bonds. The lowest BCUT2D eigenvalue weighted by molar-refractivity contribution is 0.637. The Bertz CT molecular complexity index is 232. The first-order valence-corrected chi connectivity index (χ1v) is 4.43. The summed E-state index contributed by atoms with van der Waals surface area (Å²) in [6.45, 7) is 3.80. The number of hydrogen-bond acceptors (Lipinski definition) is 2. The molecule has 1 heterocycles. The van der Waals surface area contributed by atoms with Crippen molar-refractivity contribution < 1.29 is 0 Å². The van der Waals surface area contributed by atoms with Crippen LogP contribution in [0.3, 0.4) is 0 Å². The molecule has 0 bridgehead atoms. The Morgan fingerprint density at radius 2 is 2.45 bits per heavy atom. The molecule has 0 aliphatic rings. The summed E-state index contributed by atoms with van der Waals surface area (Å²) in [6, 6.07) is 0. The zero-order valence-electron chi connectivity index (χ0n) is 6.76. The van der Waals surface area contributed by atoms with Crippen LogP contribution in [0.2, 0.25) is 0 Å². The average Bonchev–Trinajstić information content (AvgIpc) is 2.33. The van der Waals surface area contributed by atoms with Crippen LogP contribution in [-0.2, 0) is 13.1 Å². The van der Waals surface area contributed by atoms with Gasteiger partial charge in [-0.1, -0.05) is 0 Å². The molecule has 0 aromatic carbocycles. The first-order chi connectivity index (χ1) is 5.27. The molecule has 1 rings (SSSR count). The lowest BCUT2D eigenvalue weighted by Crippen LogP contribution is -2.06. The van der Waals surface area contributed by atoms with Gasteiger partial charge in [0, 0.05) is 19.3 Å². The first-order valence-electron chi connectivity index (χ1n) is 3.64. The fourth-order valence-electron chi connectivity index (χ4n) is 0.886. The van der Waals surface area contributed by atoms with E-state index < -0.39 is 0 Å². The van der Waals surface area contributed by atoms with Crippen LogP contribution in [0.4, 0.5) is 0 Å². The third-order valence-electron chi connectivity index (χ3n) is 1.46. The number of nitrogens with zero attached hydrogens (tertiary/aromatic N) is 2. The van der Waals surface area contributed by atoms with Crippen LogP contribution < -0.4 is 5.32 Å². The molecule has 0 unspecified atom stereocenters. The number of hydrogen-bond donors (Lipinski definition) is 1. The third kappa shape index (κ3) is 2.04. The number of rotatable bonds is 3. The van der Waals surface area contributed by atoms with E-state index in [4.69, 9.17) is 0 Å². The SMILES string of the molecule is CCn1cc(Br)c(CNC)n1. The molecule has 1 N–H and O–H groups in total. The van der Waals surface area contributed by atoms with E-state index in [0.717, 1.165) is 23.3 Å². The molecule has 0 saturated carbocycles. The Morgan fingerprint density at radius 3 is 2.91 bits per heavy atom. The zero-order chi connectivity index (χ0) is 8.27. The van der Waals surface area contributed by atoms with Gasteiger partial charge in [-0.05, 0) is 29.9 Å². The molecule has 3 nitrogen and oxygen atoms in total. The predicted molar refractivity (Wildman–Crippen MR) is 48.4 cm³/mol. The molecule has 1 aromatic rings. The lowest BCUT2D eigenvalue weighted by Gasteiger charge is -1.93. The van der Waals surface area contributed by atoms with Crippen molar-refractivity contribution in [2.45, 2.75) is 20.0 Å². The van der Waals surface area contributed by atoms with E-state index in [9.17, 15) is 0 Å². The summed E-state index contributed by atoms with van der Waals surface area (Å²) >= 11 is 3.44. The highest BCUT2D eigenvalue weighted by molar-refractivity contribution is 9.10. The van der Waals surface area contributed by atoms with Crippen LogP contribution >= 0.6 is 15.9 Å². The van der Waals surface area contributed by atoms with Gasteiger partial charge in [-0.3, -0.25) is 4.68 Å². The molecule has 0 radical (unpaired) electrons. The number of aromatic nitrogens is 2. The maximum absolute atomic E-state index is 4.33. The largest absolute Gasteiger partial charge is 0.314 e. The van der Waals surface area contributed by atoms with Crippen LogP contribution in [0, 0.1) is 0 Å². The van der Waals surface area contributed by atoms with Gasteiger partial charge in [-0.15, -0.1) is 0 Å². The Hall–Kier alpha value is -0.350. The van der Waals surface area contributed by atoms with Crippen molar-refractivity contribution in [2.24, 2.45) is 0 Å². The minimum absolute atomic E-state index is 0.813. The van der Waals surface area contributed by atoms with Crippen molar-refractivity contribution in [1.82, 2.24) is 15.1 Å². The molecule has 0 atom stereocenters. The topological polar surface area (TPSA) is 29.9 Å². The van der Waals surface area contributed by atoms with Gasteiger partial charge in [-0.2, -0.15) is 5.10 Å². The van der Waals surface area contributed by atoms with Crippen LogP contribution in [0.1, 0.15) is 12.6 Å². The van der Waals surface area contributed by atoms with Crippen molar-refractivity contribution >= 4 is 15.9 Å². The quantitative estimate of drug-likeness (QED) is 0.830. The van der Waals surface area contributed by atoms with E-state index in [1.165, 1.54) is 0 Å². The molecule has 0 saturated heterocycles. The second-order valence-electron chi connectivity index (χ2n) is 2.31.